The molecule has 21 heavy (non-hydrogen) atoms. The molecule has 8 heteroatoms. The Bertz CT molecular complexity index is 518. The van der Waals surface area contributed by atoms with Gasteiger partial charge in [-0.3, -0.25) is 4.79 Å². The van der Waals surface area contributed by atoms with Crippen molar-refractivity contribution < 1.29 is 24.2 Å². The number of ether oxygens (including phenoxy) is 1. The molecule has 0 aliphatic carbocycles. The number of anilines is 1. The summed E-state index contributed by atoms with van der Waals surface area (Å²) in [6.45, 7) is 1.47. The fourth-order valence-electron chi connectivity index (χ4n) is 1.42. The fourth-order valence-corrected chi connectivity index (χ4v) is 1.42. The first-order valence-electron chi connectivity index (χ1n) is 6.22. The number of carboxylic acids is 1. The minimum atomic E-state index is -1.11. The van der Waals surface area contributed by atoms with Gasteiger partial charge < -0.3 is 25.8 Å². The average Bonchev–Trinajstić information content (AvgIpc) is 2.42. The van der Waals surface area contributed by atoms with Gasteiger partial charge >= 0.3 is 12.0 Å². The van der Waals surface area contributed by atoms with Crippen molar-refractivity contribution in [2.45, 2.75) is 6.92 Å². The topological polar surface area (TPSA) is 117 Å². The van der Waals surface area contributed by atoms with Gasteiger partial charge in [0.25, 0.3) is 0 Å². The van der Waals surface area contributed by atoms with Gasteiger partial charge in [-0.15, -0.1) is 0 Å². The van der Waals surface area contributed by atoms with Crippen molar-refractivity contribution in [2.75, 3.05) is 25.0 Å². The molecule has 0 unspecified atom stereocenters. The lowest BCUT2D eigenvalue weighted by atomic mass is 10.3. The van der Waals surface area contributed by atoms with Gasteiger partial charge in [0.2, 0.25) is 5.91 Å². The Kier molecular flexibility index (Phi) is 6.52. The monoisotopic (exact) mass is 295 g/mol. The highest BCUT2D eigenvalue weighted by atomic mass is 16.5. The van der Waals surface area contributed by atoms with Crippen molar-refractivity contribution in [1.82, 2.24) is 10.6 Å². The molecule has 0 heterocycles. The maximum atomic E-state index is 11.6. The van der Waals surface area contributed by atoms with Crippen LogP contribution in [0.2, 0.25) is 0 Å². The number of hydrogen-bond donors (Lipinski definition) is 4. The predicted octanol–water partition coefficient (Wildman–Crippen LogP) is 0.408. The van der Waals surface area contributed by atoms with Gasteiger partial charge in [-0.25, -0.2) is 9.59 Å². The molecule has 4 N–H and O–H groups in total. The minimum absolute atomic E-state index is 0.176. The van der Waals surface area contributed by atoms with Crippen LogP contribution in [0.15, 0.2) is 24.3 Å². The Balaban J connectivity index is 2.47. The SMILES string of the molecule is CC(=O)NCCNC(=O)Nc1ccccc1OCC(=O)O. The second-order valence-corrected chi connectivity index (χ2v) is 4.04. The second-order valence-electron chi connectivity index (χ2n) is 4.04. The largest absolute Gasteiger partial charge is 0.480 e. The summed E-state index contributed by atoms with van der Waals surface area (Å²) in [7, 11) is 0. The molecule has 0 atom stereocenters. The van der Waals surface area contributed by atoms with E-state index in [4.69, 9.17) is 9.84 Å². The van der Waals surface area contributed by atoms with E-state index in [1.54, 1.807) is 24.3 Å². The number of carbonyl (C=O) groups excluding carboxylic acids is 2. The molecule has 0 saturated carbocycles. The summed E-state index contributed by atoms with van der Waals surface area (Å²) >= 11 is 0. The Morgan fingerprint density at radius 2 is 1.81 bits per heavy atom. The average molecular weight is 295 g/mol. The van der Waals surface area contributed by atoms with E-state index >= 15 is 0 Å². The van der Waals surface area contributed by atoms with E-state index in [-0.39, 0.29) is 18.2 Å². The molecule has 1 rings (SSSR count). The minimum Gasteiger partial charge on any atom is -0.480 e. The van der Waals surface area contributed by atoms with Gasteiger partial charge in [0, 0.05) is 20.0 Å². The molecule has 0 aliphatic heterocycles. The van der Waals surface area contributed by atoms with Gasteiger partial charge in [0.15, 0.2) is 6.61 Å². The first-order valence-corrected chi connectivity index (χ1v) is 6.22. The Morgan fingerprint density at radius 1 is 1.14 bits per heavy atom. The van der Waals surface area contributed by atoms with E-state index in [9.17, 15) is 14.4 Å². The van der Waals surface area contributed by atoms with E-state index in [1.807, 2.05) is 0 Å². The summed E-state index contributed by atoms with van der Waals surface area (Å²) in [6.07, 6.45) is 0. The molecular formula is C13H17N3O5. The van der Waals surface area contributed by atoms with Gasteiger partial charge in [0.05, 0.1) is 5.69 Å². The van der Waals surface area contributed by atoms with Crippen molar-refractivity contribution in [3.63, 3.8) is 0 Å². The summed E-state index contributed by atoms with van der Waals surface area (Å²) < 4.78 is 5.06. The number of hydrogen-bond acceptors (Lipinski definition) is 4. The molecule has 3 amide bonds. The van der Waals surface area contributed by atoms with Crippen LogP contribution in [0.1, 0.15) is 6.92 Å². The third-order valence-corrected chi connectivity index (χ3v) is 2.27. The van der Waals surface area contributed by atoms with Crippen LogP contribution in [0.25, 0.3) is 0 Å². The Hall–Kier alpha value is -2.77. The molecule has 0 fully saturated rings. The van der Waals surface area contributed by atoms with E-state index in [0.717, 1.165) is 0 Å². The lowest BCUT2D eigenvalue weighted by Gasteiger charge is -2.12. The number of nitrogens with one attached hydrogen (secondary N) is 3. The lowest BCUT2D eigenvalue weighted by molar-refractivity contribution is -0.139. The smallest absolute Gasteiger partial charge is 0.341 e. The van der Waals surface area contributed by atoms with Gasteiger partial charge in [-0.1, -0.05) is 12.1 Å². The summed E-state index contributed by atoms with van der Waals surface area (Å²) in [5.74, 6) is -1.02. The number of carbonyl (C=O) groups is 3. The molecule has 1 aromatic carbocycles. The summed E-state index contributed by atoms with van der Waals surface area (Å²) in [5, 5.41) is 16.2. The normalized spacial score (nSPS) is 9.57. The predicted molar refractivity (Wildman–Crippen MR) is 75.3 cm³/mol. The van der Waals surface area contributed by atoms with Crippen molar-refractivity contribution in [1.29, 1.82) is 0 Å². The molecular weight excluding hydrogens is 278 g/mol. The first-order chi connectivity index (χ1) is 9.99. The quantitative estimate of drug-likeness (QED) is 0.543. The molecule has 0 spiro atoms. The maximum absolute atomic E-state index is 11.6. The van der Waals surface area contributed by atoms with Gasteiger partial charge in [-0.05, 0) is 12.1 Å². The molecule has 0 radical (unpaired) electrons. The zero-order valence-electron chi connectivity index (χ0n) is 11.5. The summed E-state index contributed by atoms with van der Waals surface area (Å²) in [6, 6.07) is 6.00. The number of amides is 3. The molecule has 8 nitrogen and oxygen atoms in total. The molecule has 0 aliphatic rings. The van der Waals surface area contributed by atoms with Crippen LogP contribution in [0.4, 0.5) is 10.5 Å². The van der Waals surface area contributed by atoms with Crippen LogP contribution in [0.3, 0.4) is 0 Å². The van der Waals surface area contributed by atoms with Crippen LogP contribution < -0.4 is 20.7 Å². The third-order valence-electron chi connectivity index (χ3n) is 2.27. The van der Waals surface area contributed by atoms with Crippen LogP contribution in [-0.2, 0) is 9.59 Å². The van der Waals surface area contributed by atoms with E-state index in [0.29, 0.717) is 12.2 Å². The van der Waals surface area contributed by atoms with Crippen LogP contribution >= 0.6 is 0 Å². The highest BCUT2D eigenvalue weighted by Crippen LogP contribution is 2.23. The van der Waals surface area contributed by atoms with E-state index < -0.39 is 18.6 Å². The highest BCUT2D eigenvalue weighted by molar-refractivity contribution is 5.91. The maximum Gasteiger partial charge on any atom is 0.341 e. The molecule has 0 bridgehead atoms. The van der Waals surface area contributed by atoms with E-state index in [1.165, 1.54) is 6.92 Å². The lowest BCUT2D eigenvalue weighted by Crippen LogP contribution is -2.36. The highest BCUT2D eigenvalue weighted by Gasteiger charge is 2.08. The number of urea groups is 1. The summed E-state index contributed by atoms with van der Waals surface area (Å²) in [4.78, 5) is 32.8. The van der Waals surface area contributed by atoms with Crippen LogP contribution in [-0.4, -0.2) is 42.7 Å². The van der Waals surface area contributed by atoms with Crippen molar-refractivity contribution in [2.24, 2.45) is 0 Å². The number of rotatable bonds is 7. The fraction of sp³-hybridized carbons (Fsp3) is 0.308. The van der Waals surface area contributed by atoms with E-state index in [2.05, 4.69) is 16.0 Å². The number of para-hydroxylation sites is 2. The zero-order chi connectivity index (χ0) is 15.7. The first kappa shape index (κ1) is 16.3. The molecule has 0 aromatic heterocycles. The molecule has 1 aromatic rings. The molecule has 114 valence electrons. The Labute approximate surface area is 121 Å². The van der Waals surface area contributed by atoms with Gasteiger partial charge in [0.1, 0.15) is 5.75 Å². The standard InChI is InChI=1S/C13H17N3O5/c1-9(17)14-6-7-15-13(20)16-10-4-2-3-5-11(10)21-8-12(18)19/h2-5H,6-8H2,1H3,(H,14,17)(H,18,19)(H2,15,16,20). The van der Waals surface area contributed by atoms with Crippen molar-refractivity contribution in [3.05, 3.63) is 24.3 Å². The van der Waals surface area contributed by atoms with Gasteiger partial charge in [-0.2, -0.15) is 0 Å². The zero-order valence-corrected chi connectivity index (χ0v) is 11.5. The second kappa shape index (κ2) is 8.41. The third kappa shape index (κ3) is 6.81. The van der Waals surface area contributed by atoms with Crippen LogP contribution in [0, 0.1) is 0 Å². The number of aliphatic carboxylic acids is 1. The van der Waals surface area contributed by atoms with Crippen molar-refractivity contribution in [3.8, 4) is 5.75 Å². The summed E-state index contributed by atoms with van der Waals surface area (Å²) in [5.41, 5.74) is 0.357. The number of benzene rings is 1. The van der Waals surface area contributed by atoms with Crippen LogP contribution in [0.5, 0.6) is 5.75 Å². The van der Waals surface area contributed by atoms with Crippen molar-refractivity contribution >= 4 is 23.6 Å². The Morgan fingerprint density at radius 3 is 2.48 bits per heavy atom. The molecule has 0 saturated heterocycles. The number of carboxylic acid groups (broad SMARTS) is 1.